The first-order valence-corrected chi connectivity index (χ1v) is 5.02. The van der Waals surface area contributed by atoms with E-state index in [0.29, 0.717) is 10.6 Å². The van der Waals surface area contributed by atoms with Crippen LogP contribution in [0.25, 0.3) is 0 Å². The van der Waals surface area contributed by atoms with Gasteiger partial charge >= 0.3 is 5.97 Å². The van der Waals surface area contributed by atoms with E-state index in [0.717, 1.165) is 0 Å². The van der Waals surface area contributed by atoms with Crippen LogP contribution in [0.4, 0.5) is 5.69 Å². The number of terminal acetylenes is 1. The molecule has 0 radical (unpaired) electrons. The highest BCUT2D eigenvalue weighted by Gasteiger charge is 2.11. The Morgan fingerprint density at radius 3 is 2.35 bits per heavy atom. The van der Waals surface area contributed by atoms with Crippen molar-refractivity contribution in [2.24, 2.45) is 0 Å². The monoisotopic (exact) mass is 253 g/mol. The van der Waals surface area contributed by atoms with Crippen molar-refractivity contribution in [3.63, 3.8) is 0 Å². The lowest BCUT2D eigenvalue weighted by Gasteiger charge is -2.03. The zero-order valence-corrected chi connectivity index (χ0v) is 9.78. The van der Waals surface area contributed by atoms with E-state index in [4.69, 9.17) is 22.4 Å². The number of hydrogen-bond donors (Lipinski definition) is 2. The number of nitrogen functional groups attached to an aromatic ring is 1. The molecule has 17 heavy (non-hydrogen) atoms. The van der Waals surface area contributed by atoms with Crippen molar-refractivity contribution in [2.45, 2.75) is 12.8 Å². The van der Waals surface area contributed by atoms with Crippen LogP contribution in [0.15, 0.2) is 18.2 Å². The molecule has 0 aliphatic rings. The Kier molecular flexibility index (Phi) is 6.46. The highest BCUT2D eigenvalue weighted by Crippen LogP contribution is 2.19. The number of carboxylic acids is 1. The SMILES string of the molecule is C#C.Nc1cc(Cl)ccc1C(=O)CCC(=O)O. The van der Waals surface area contributed by atoms with E-state index in [2.05, 4.69) is 12.8 Å². The van der Waals surface area contributed by atoms with Crippen molar-refractivity contribution in [3.05, 3.63) is 28.8 Å². The number of benzene rings is 1. The van der Waals surface area contributed by atoms with Crippen molar-refractivity contribution >= 4 is 29.0 Å². The van der Waals surface area contributed by atoms with Crippen LogP contribution in [0.3, 0.4) is 0 Å². The van der Waals surface area contributed by atoms with Crippen LogP contribution >= 0.6 is 11.6 Å². The summed E-state index contributed by atoms with van der Waals surface area (Å²) < 4.78 is 0. The Morgan fingerprint density at radius 2 is 1.88 bits per heavy atom. The number of aliphatic carboxylic acids is 1. The molecular formula is C12H12ClNO3. The van der Waals surface area contributed by atoms with Gasteiger partial charge in [-0.1, -0.05) is 11.6 Å². The van der Waals surface area contributed by atoms with Gasteiger partial charge in [0.2, 0.25) is 0 Å². The molecule has 0 atom stereocenters. The summed E-state index contributed by atoms with van der Waals surface area (Å²) in [6.07, 6.45) is 7.75. The fourth-order valence-electron chi connectivity index (χ4n) is 1.14. The summed E-state index contributed by atoms with van der Waals surface area (Å²) in [5, 5.41) is 8.86. The normalized spacial score (nSPS) is 8.88. The topological polar surface area (TPSA) is 80.4 Å². The first kappa shape index (κ1) is 15.0. The number of hydrogen-bond acceptors (Lipinski definition) is 3. The molecule has 0 saturated heterocycles. The molecule has 4 nitrogen and oxygen atoms in total. The maximum atomic E-state index is 11.5. The van der Waals surface area contributed by atoms with E-state index in [-0.39, 0.29) is 24.3 Å². The summed E-state index contributed by atoms with van der Waals surface area (Å²) in [5.74, 6) is -1.29. The molecule has 0 amide bonds. The minimum atomic E-state index is -1.00. The number of carbonyl (C=O) groups excluding carboxylic acids is 1. The zero-order valence-electron chi connectivity index (χ0n) is 9.02. The van der Waals surface area contributed by atoms with Gasteiger partial charge in [-0.05, 0) is 18.2 Å². The summed E-state index contributed by atoms with van der Waals surface area (Å²) in [6, 6.07) is 4.52. The van der Waals surface area contributed by atoms with Crippen LogP contribution in [-0.2, 0) is 4.79 Å². The molecule has 0 aliphatic carbocycles. The van der Waals surface area contributed by atoms with Gasteiger partial charge < -0.3 is 10.8 Å². The number of nitrogens with two attached hydrogens (primary N) is 1. The maximum Gasteiger partial charge on any atom is 0.303 e. The molecule has 0 aromatic heterocycles. The van der Waals surface area contributed by atoms with E-state index < -0.39 is 5.97 Å². The number of carbonyl (C=O) groups is 2. The van der Waals surface area contributed by atoms with Gasteiger partial charge in [-0.15, -0.1) is 12.8 Å². The molecular weight excluding hydrogens is 242 g/mol. The van der Waals surface area contributed by atoms with E-state index in [1.54, 1.807) is 6.07 Å². The van der Waals surface area contributed by atoms with Gasteiger partial charge in [-0.2, -0.15) is 0 Å². The van der Waals surface area contributed by atoms with Gasteiger partial charge in [0.1, 0.15) is 0 Å². The summed E-state index contributed by atoms with van der Waals surface area (Å²) >= 11 is 5.66. The Balaban J connectivity index is 0.00000121. The van der Waals surface area contributed by atoms with Crippen LogP contribution in [0.1, 0.15) is 23.2 Å². The molecule has 1 rings (SSSR count). The zero-order chi connectivity index (χ0) is 13.4. The standard InChI is InChI=1S/C10H10ClNO3.C2H2/c11-6-1-2-7(8(12)5-6)9(13)3-4-10(14)15;1-2/h1-2,5H,3-4,12H2,(H,14,15);1-2H. The van der Waals surface area contributed by atoms with Crippen LogP contribution in [-0.4, -0.2) is 16.9 Å². The van der Waals surface area contributed by atoms with E-state index in [1.165, 1.54) is 12.1 Å². The summed E-state index contributed by atoms with van der Waals surface area (Å²) in [7, 11) is 0. The average molecular weight is 254 g/mol. The first-order chi connectivity index (χ1) is 8.00. The molecule has 3 N–H and O–H groups in total. The van der Waals surface area contributed by atoms with Crippen LogP contribution in [0.5, 0.6) is 0 Å². The van der Waals surface area contributed by atoms with E-state index >= 15 is 0 Å². The molecule has 0 unspecified atom stereocenters. The molecule has 5 heteroatoms. The Morgan fingerprint density at radius 1 is 1.29 bits per heavy atom. The van der Waals surface area contributed by atoms with Crippen molar-refractivity contribution in [2.75, 3.05) is 5.73 Å². The number of anilines is 1. The summed E-state index contributed by atoms with van der Waals surface area (Å²) in [5.41, 5.74) is 6.17. The molecule has 0 heterocycles. The number of rotatable bonds is 4. The average Bonchev–Trinajstić information content (AvgIpc) is 2.28. The number of halogens is 1. The Hall–Kier alpha value is -1.99. The van der Waals surface area contributed by atoms with E-state index in [1.807, 2.05) is 0 Å². The van der Waals surface area contributed by atoms with Crippen LogP contribution in [0.2, 0.25) is 5.02 Å². The van der Waals surface area contributed by atoms with Gasteiger partial charge in [0.05, 0.1) is 6.42 Å². The van der Waals surface area contributed by atoms with Gasteiger partial charge in [0, 0.05) is 22.7 Å². The van der Waals surface area contributed by atoms with Gasteiger partial charge in [-0.25, -0.2) is 0 Å². The molecule has 1 aromatic carbocycles. The van der Waals surface area contributed by atoms with Gasteiger partial charge in [0.25, 0.3) is 0 Å². The van der Waals surface area contributed by atoms with Crippen LogP contribution in [0, 0.1) is 12.8 Å². The maximum absolute atomic E-state index is 11.5. The highest BCUT2D eigenvalue weighted by molar-refractivity contribution is 6.31. The molecule has 0 spiro atoms. The number of carboxylic acid groups (broad SMARTS) is 1. The lowest BCUT2D eigenvalue weighted by Crippen LogP contribution is -2.06. The highest BCUT2D eigenvalue weighted by atomic mass is 35.5. The predicted molar refractivity (Wildman–Crippen MR) is 67.0 cm³/mol. The Bertz CT molecular complexity index is 441. The van der Waals surface area contributed by atoms with Crippen molar-refractivity contribution in [1.82, 2.24) is 0 Å². The molecule has 90 valence electrons. The van der Waals surface area contributed by atoms with Crippen molar-refractivity contribution < 1.29 is 14.7 Å². The Labute approximate surface area is 104 Å². The summed E-state index contributed by atoms with van der Waals surface area (Å²) in [6.45, 7) is 0. The number of Topliss-reactive ketones (excluding diaryl/α,β-unsaturated/α-hetero) is 1. The van der Waals surface area contributed by atoms with E-state index in [9.17, 15) is 9.59 Å². The largest absolute Gasteiger partial charge is 0.481 e. The fraction of sp³-hybridized carbons (Fsp3) is 0.167. The first-order valence-electron chi connectivity index (χ1n) is 4.64. The van der Waals surface area contributed by atoms with Crippen LogP contribution < -0.4 is 5.73 Å². The smallest absolute Gasteiger partial charge is 0.303 e. The minimum absolute atomic E-state index is 0.0544. The molecule has 1 aromatic rings. The molecule has 0 aliphatic heterocycles. The van der Waals surface area contributed by atoms with Gasteiger partial charge in [0.15, 0.2) is 5.78 Å². The van der Waals surface area contributed by atoms with Gasteiger partial charge in [-0.3, -0.25) is 9.59 Å². The number of ketones is 1. The molecule has 0 saturated carbocycles. The molecule has 0 fully saturated rings. The molecule has 0 bridgehead atoms. The fourth-order valence-corrected chi connectivity index (χ4v) is 1.32. The third-order valence-electron chi connectivity index (χ3n) is 1.88. The lowest BCUT2D eigenvalue weighted by molar-refractivity contribution is -0.136. The third-order valence-corrected chi connectivity index (χ3v) is 2.12. The predicted octanol–water partition coefficient (Wildman–Crippen LogP) is 2.22. The van der Waals surface area contributed by atoms with Crippen molar-refractivity contribution in [3.8, 4) is 12.8 Å². The second kappa shape index (κ2) is 7.31. The second-order valence-corrected chi connectivity index (χ2v) is 3.48. The summed E-state index contributed by atoms with van der Waals surface area (Å²) in [4.78, 5) is 21.8. The minimum Gasteiger partial charge on any atom is -0.481 e. The third kappa shape index (κ3) is 5.05. The lowest BCUT2D eigenvalue weighted by atomic mass is 10.1. The second-order valence-electron chi connectivity index (χ2n) is 3.05. The van der Waals surface area contributed by atoms with Crippen molar-refractivity contribution in [1.29, 1.82) is 0 Å². The quantitative estimate of drug-likeness (QED) is 0.490.